The fourth-order valence-electron chi connectivity index (χ4n) is 2.64. The van der Waals surface area contributed by atoms with Crippen molar-refractivity contribution in [2.24, 2.45) is 0 Å². The summed E-state index contributed by atoms with van der Waals surface area (Å²) in [6.45, 7) is 5.61. The van der Waals surface area contributed by atoms with Gasteiger partial charge in [-0.1, -0.05) is 0 Å². The number of likely N-dealkylation sites (tertiary alicyclic amines) is 1. The van der Waals surface area contributed by atoms with Crippen LogP contribution in [-0.2, 0) is 0 Å². The predicted molar refractivity (Wildman–Crippen MR) is 57.3 cm³/mol. The van der Waals surface area contributed by atoms with Crippen LogP contribution in [0.3, 0.4) is 0 Å². The molecule has 0 aromatic carbocycles. The molecule has 14 heavy (non-hydrogen) atoms. The van der Waals surface area contributed by atoms with Gasteiger partial charge in [-0.15, -0.1) is 0 Å². The normalized spacial score (nSPS) is 40.3. The lowest BCUT2D eigenvalue weighted by atomic mass is 9.99. The first kappa shape index (κ1) is 10.4. The first-order valence-corrected chi connectivity index (χ1v) is 5.93. The third kappa shape index (κ3) is 2.27. The molecule has 3 atom stereocenters. The van der Waals surface area contributed by atoms with Crippen LogP contribution in [0.5, 0.6) is 0 Å². The fraction of sp³-hybridized carbons (Fsp3) is 1.00. The molecule has 2 aliphatic heterocycles. The van der Waals surface area contributed by atoms with E-state index in [0.717, 1.165) is 25.9 Å². The number of nitrogens with zero attached hydrogens (tertiary/aromatic N) is 1. The maximum atomic E-state index is 9.76. The summed E-state index contributed by atoms with van der Waals surface area (Å²) in [7, 11) is 0. The van der Waals surface area contributed by atoms with Crippen LogP contribution in [0.4, 0.5) is 0 Å². The second kappa shape index (κ2) is 4.60. The molecule has 2 rings (SSSR count). The molecule has 2 fully saturated rings. The quantitative estimate of drug-likeness (QED) is 0.681. The Balaban J connectivity index is 1.83. The van der Waals surface area contributed by atoms with Gasteiger partial charge < -0.3 is 10.4 Å². The lowest BCUT2D eigenvalue weighted by Crippen LogP contribution is -2.50. The van der Waals surface area contributed by atoms with Crippen molar-refractivity contribution in [2.45, 2.75) is 50.8 Å². The van der Waals surface area contributed by atoms with Gasteiger partial charge >= 0.3 is 0 Å². The van der Waals surface area contributed by atoms with E-state index in [1.165, 1.54) is 19.4 Å². The zero-order chi connectivity index (χ0) is 9.97. The van der Waals surface area contributed by atoms with Gasteiger partial charge in [0.2, 0.25) is 0 Å². The molecular formula is C11H22N2O. The Morgan fingerprint density at radius 1 is 1.36 bits per heavy atom. The summed E-state index contributed by atoms with van der Waals surface area (Å²) in [5, 5.41) is 13.3. The van der Waals surface area contributed by atoms with E-state index in [-0.39, 0.29) is 6.10 Å². The smallest absolute Gasteiger partial charge is 0.0693 e. The summed E-state index contributed by atoms with van der Waals surface area (Å²) in [5.41, 5.74) is 0. The molecule has 2 saturated heterocycles. The van der Waals surface area contributed by atoms with Crippen LogP contribution in [0.1, 0.15) is 32.6 Å². The number of aliphatic hydroxyl groups excluding tert-OH is 1. The molecule has 3 heteroatoms. The van der Waals surface area contributed by atoms with Crippen LogP contribution in [0.25, 0.3) is 0 Å². The number of rotatable bonds is 2. The molecule has 0 aromatic rings. The molecule has 0 bridgehead atoms. The summed E-state index contributed by atoms with van der Waals surface area (Å²) in [6.07, 6.45) is 4.65. The Hall–Kier alpha value is -0.120. The van der Waals surface area contributed by atoms with Gasteiger partial charge in [0.25, 0.3) is 0 Å². The SMILES string of the molecule is CC1C(O)CCCN1CC1CCCN1. The van der Waals surface area contributed by atoms with Crippen molar-refractivity contribution >= 4 is 0 Å². The minimum atomic E-state index is -0.106. The van der Waals surface area contributed by atoms with E-state index in [1.54, 1.807) is 0 Å². The van der Waals surface area contributed by atoms with Crippen molar-refractivity contribution in [2.75, 3.05) is 19.6 Å². The standard InChI is InChI=1S/C11H22N2O/c1-9-11(14)5-3-7-13(9)8-10-4-2-6-12-10/h9-12,14H,2-8H2,1H3. The Bertz CT molecular complexity index is 180. The van der Waals surface area contributed by atoms with Crippen molar-refractivity contribution < 1.29 is 5.11 Å². The van der Waals surface area contributed by atoms with Crippen LogP contribution in [0.2, 0.25) is 0 Å². The molecular weight excluding hydrogens is 176 g/mol. The van der Waals surface area contributed by atoms with Crippen LogP contribution >= 0.6 is 0 Å². The number of nitrogens with one attached hydrogen (secondary N) is 1. The number of piperidine rings is 1. The van der Waals surface area contributed by atoms with E-state index in [4.69, 9.17) is 0 Å². The zero-order valence-corrected chi connectivity index (χ0v) is 9.08. The summed E-state index contributed by atoms with van der Waals surface area (Å²) < 4.78 is 0. The van der Waals surface area contributed by atoms with Gasteiger partial charge in [-0.25, -0.2) is 0 Å². The molecule has 2 N–H and O–H groups in total. The van der Waals surface area contributed by atoms with Crippen LogP contribution < -0.4 is 5.32 Å². The van der Waals surface area contributed by atoms with Gasteiger partial charge in [0.1, 0.15) is 0 Å². The molecule has 3 unspecified atom stereocenters. The largest absolute Gasteiger partial charge is 0.392 e. The van der Waals surface area contributed by atoms with Gasteiger partial charge in [0.05, 0.1) is 6.10 Å². The number of hydrogen-bond donors (Lipinski definition) is 2. The number of hydrogen-bond acceptors (Lipinski definition) is 3. The molecule has 0 saturated carbocycles. The van der Waals surface area contributed by atoms with Gasteiger partial charge in [-0.05, 0) is 45.7 Å². The highest BCUT2D eigenvalue weighted by Crippen LogP contribution is 2.18. The van der Waals surface area contributed by atoms with E-state index in [2.05, 4.69) is 17.1 Å². The maximum absolute atomic E-state index is 9.76. The minimum Gasteiger partial charge on any atom is -0.392 e. The molecule has 0 spiro atoms. The van der Waals surface area contributed by atoms with Crippen LogP contribution in [0.15, 0.2) is 0 Å². The van der Waals surface area contributed by atoms with Gasteiger partial charge in [-0.3, -0.25) is 4.90 Å². The molecule has 2 aliphatic rings. The van der Waals surface area contributed by atoms with E-state index in [0.29, 0.717) is 12.1 Å². The summed E-state index contributed by atoms with van der Waals surface area (Å²) in [5.74, 6) is 0. The molecule has 2 heterocycles. The second-order valence-electron chi connectivity index (χ2n) is 4.74. The van der Waals surface area contributed by atoms with E-state index in [9.17, 15) is 5.11 Å². The van der Waals surface area contributed by atoms with E-state index >= 15 is 0 Å². The highest BCUT2D eigenvalue weighted by Gasteiger charge is 2.28. The molecule has 82 valence electrons. The molecule has 0 amide bonds. The third-order valence-electron chi connectivity index (χ3n) is 3.70. The average molecular weight is 198 g/mol. The summed E-state index contributed by atoms with van der Waals surface area (Å²) in [6, 6.07) is 1.02. The van der Waals surface area contributed by atoms with Crippen molar-refractivity contribution in [1.29, 1.82) is 0 Å². The first-order chi connectivity index (χ1) is 6.77. The Morgan fingerprint density at radius 2 is 2.21 bits per heavy atom. The first-order valence-electron chi connectivity index (χ1n) is 5.93. The Kier molecular flexibility index (Phi) is 3.42. The van der Waals surface area contributed by atoms with Gasteiger partial charge in [-0.2, -0.15) is 0 Å². The average Bonchev–Trinajstić information content (AvgIpc) is 2.66. The number of aliphatic hydroxyl groups is 1. The Morgan fingerprint density at radius 3 is 2.93 bits per heavy atom. The lowest BCUT2D eigenvalue weighted by molar-refractivity contribution is 0.0163. The highest BCUT2D eigenvalue weighted by atomic mass is 16.3. The van der Waals surface area contributed by atoms with Gasteiger partial charge in [0, 0.05) is 18.6 Å². The van der Waals surface area contributed by atoms with Crippen LogP contribution in [0, 0.1) is 0 Å². The highest BCUT2D eigenvalue weighted by molar-refractivity contribution is 4.85. The van der Waals surface area contributed by atoms with Crippen molar-refractivity contribution in [1.82, 2.24) is 10.2 Å². The van der Waals surface area contributed by atoms with E-state index in [1.807, 2.05) is 0 Å². The van der Waals surface area contributed by atoms with E-state index < -0.39 is 0 Å². The predicted octanol–water partition coefficient (Wildman–Crippen LogP) is 0.584. The monoisotopic (exact) mass is 198 g/mol. The van der Waals surface area contributed by atoms with Crippen molar-refractivity contribution in [3.8, 4) is 0 Å². The molecule has 3 nitrogen and oxygen atoms in total. The molecule has 0 aromatic heterocycles. The summed E-state index contributed by atoms with van der Waals surface area (Å²) >= 11 is 0. The van der Waals surface area contributed by atoms with Gasteiger partial charge in [0.15, 0.2) is 0 Å². The van der Waals surface area contributed by atoms with Crippen molar-refractivity contribution in [3.05, 3.63) is 0 Å². The molecule has 0 radical (unpaired) electrons. The zero-order valence-electron chi connectivity index (χ0n) is 9.08. The maximum Gasteiger partial charge on any atom is 0.0693 e. The topological polar surface area (TPSA) is 35.5 Å². The van der Waals surface area contributed by atoms with Crippen LogP contribution in [-0.4, -0.2) is 47.8 Å². The molecule has 0 aliphatic carbocycles. The lowest BCUT2D eigenvalue weighted by Gasteiger charge is -2.38. The fourth-order valence-corrected chi connectivity index (χ4v) is 2.64. The second-order valence-corrected chi connectivity index (χ2v) is 4.74. The Labute approximate surface area is 86.5 Å². The third-order valence-corrected chi connectivity index (χ3v) is 3.70. The minimum absolute atomic E-state index is 0.106. The van der Waals surface area contributed by atoms with Crippen molar-refractivity contribution in [3.63, 3.8) is 0 Å². The summed E-state index contributed by atoms with van der Waals surface area (Å²) in [4.78, 5) is 2.44.